The van der Waals surface area contributed by atoms with Crippen LogP contribution in [0.3, 0.4) is 0 Å². The van der Waals surface area contributed by atoms with Gasteiger partial charge >= 0.3 is 0 Å². The molecule has 1 aromatic rings. The van der Waals surface area contributed by atoms with E-state index in [-0.39, 0.29) is 0 Å². The van der Waals surface area contributed by atoms with Gasteiger partial charge in [-0.3, -0.25) is 9.80 Å². The highest BCUT2D eigenvalue weighted by Gasteiger charge is 2.33. The number of piperazine rings is 1. The van der Waals surface area contributed by atoms with E-state index in [4.69, 9.17) is 0 Å². The summed E-state index contributed by atoms with van der Waals surface area (Å²) in [7, 11) is 0. The molecule has 2 heterocycles. The molecular formula is C18H34N6. The number of tetrazole rings is 1. The monoisotopic (exact) mass is 334 g/mol. The van der Waals surface area contributed by atoms with Gasteiger partial charge in [-0.15, -0.1) is 5.10 Å². The molecule has 6 nitrogen and oxygen atoms in total. The molecule has 1 unspecified atom stereocenters. The molecule has 3 rings (SSSR count). The average molecular weight is 335 g/mol. The predicted octanol–water partition coefficient (Wildman–Crippen LogP) is 2.90. The highest BCUT2D eigenvalue weighted by atomic mass is 15.6. The number of nitrogens with zero attached hydrogens (tertiary/aromatic N) is 6. The van der Waals surface area contributed by atoms with Gasteiger partial charge in [-0.05, 0) is 43.0 Å². The summed E-state index contributed by atoms with van der Waals surface area (Å²) >= 11 is 0. The van der Waals surface area contributed by atoms with E-state index in [9.17, 15) is 0 Å². The molecule has 0 radical (unpaired) electrons. The number of aromatic nitrogens is 4. The first kappa shape index (κ1) is 17.8. The van der Waals surface area contributed by atoms with Crippen LogP contribution in [0.4, 0.5) is 0 Å². The molecule has 1 aromatic heterocycles. The second kappa shape index (κ2) is 7.91. The Hall–Kier alpha value is -1.01. The van der Waals surface area contributed by atoms with Crippen LogP contribution in [0.5, 0.6) is 0 Å². The van der Waals surface area contributed by atoms with Crippen molar-refractivity contribution in [2.45, 2.75) is 77.9 Å². The van der Waals surface area contributed by atoms with E-state index in [1.807, 2.05) is 4.68 Å². The van der Waals surface area contributed by atoms with Crippen molar-refractivity contribution in [1.29, 1.82) is 0 Å². The smallest absolute Gasteiger partial charge is 0.168 e. The lowest BCUT2D eigenvalue weighted by atomic mass is 9.93. The third-order valence-electron chi connectivity index (χ3n) is 5.74. The minimum atomic E-state index is 0.305. The second-order valence-corrected chi connectivity index (χ2v) is 8.13. The Morgan fingerprint density at radius 1 is 0.917 bits per heavy atom. The first-order valence-corrected chi connectivity index (χ1v) is 9.83. The second-order valence-electron chi connectivity index (χ2n) is 8.13. The number of rotatable bonds is 5. The zero-order valence-electron chi connectivity index (χ0n) is 15.9. The fraction of sp³-hybridized carbons (Fsp3) is 0.944. The van der Waals surface area contributed by atoms with Crippen molar-refractivity contribution in [2.24, 2.45) is 5.92 Å². The van der Waals surface area contributed by atoms with Gasteiger partial charge in [0.1, 0.15) is 0 Å². The van der Waals surface area contributed by atoms with E-state index in [1.165, 1.54) is 45.2 Å². The van der Waals surface area contributed by atoms with E-state index in [2.05, 4.69) is 53.0 Å². The summed E-state index contributed by atoms with van der Waals surface area (Å²) in [6.45, 7) is 13.5. The minimum absolute atomic E-state index is 0.305. The van der Waals surface area contributed by atoms with Crippen molar-refractivity contribution in [1.82, 2.24) is 30.0 Å². The maximum Gasteiger partial charge on any atom is 0.168 e. The number of hydrogen-bond acceptors (Lipinski definition) is 5. The summed E-state index contributed by atoms with van der Waals surface area (Å²) in [5.74, 6) is 1.54. The highest BCUT2D eigenvalue weighted by molar-refractivity contribution is 4.98. The Kier molecular flexibility index (Phi) is 5.87. The number of hydrogen-bond donors (Lipinski definition) is 0. The van der Waals surface area contributed by atoms with E-state index in [0.717, 1.165) is 25.0 Å². The van der Waals surface area contributed by atoms with Crippen LogP contribution < -0.4 is 0 Å². The fourth-order valence-corrected chi connectivity index (χ4v) is 4.47. The molecule has 2 aliphatic rings. The molecule has 0 amide bonds. The van der Waals surface area contributed by atoms with Crippen molar-refractivity contribution >= 4 is 0 Å². The van der Waals surface area contributed by atoms with Crippen molar-refractivity contribution in [3.8, 4) is 0 Å². The first-order valence-electron chi connectivity index (χ1n) is 9.83. The molecule has 0 bridgehead atoms. The average Bonchev–Trinajstić information content (AvgIpc) is 3.06. The lowest BCUT2D eigenvalue weighted by molar-refractivity contribution is 0.0389. The van der Waals surface area contributed by atoms with Gasteiger partial charge in [0.2, 0.25) is 0 Å². The minimum Gasteiger partial charge on any atom is -0.298 e. The topological polar surface area (TPSA) is 50.1 Å². The molecule has 1 aliphatic heterocycles. The van der Waals surface area contributed by atoms with Crippen LogP contribution in [0.2, 0.25) is 0 Å². The zero-order chi connectivity index (χ0) is 17.1. The largest absolute Gasteiger partial charge is 0.298 e. The Bertz CT molecular complexity index is 497. The summed E-state index contributed by atoms with van der Waals surface area (Å²) in [6, 6.07) is 1.45. The Labute approximate surface area is 146 Å². The normalized spacial score (nSPS) is 23.2. The van der Waals surface area contributed by atoms with Gasteiger partial charge < -0.3 is 0 Å². The molecule has 1 aliphatic carbocycles. The molecule has 6 heteroatoms. The molecule has 0 aromatic carbocycles. The quantitative estimate of drug-likeness (QED) is 0.829. The van der Waals surface area contributed by atoms with Crippen molar-refractivity contribution in [3.63, 3.8) is 0 Å². The van der Waals surface area contributed by atoms with E-state index >= 15 is 0 Å². The zero-order valence-corrected chi connectivity index (χ0v) is 15.9. The SMILES string of the molecule is CC(C)C(c1nnnn1C(C)C)N1CCN(C2CCCCC2)CC1. The van der Waals surface area contributed by atoms with Gasteiger partial charge in [0, 0.05) is 32.2 Å². The molecule has 136 valence electrons. The van der Waals surface area contributed by atoms with Gasteiger partial charge in [-0.25, -0.2) is 4.68 Å². The molecule has 24 heavy (non-hydrogen) atoms. The molecule has 0 N–H and O–H groups in total. The van der Waals surface area contributed by atoms with Gasteiger partial charge in [-0.2, -0.15) is 0 Å². The summed E-state index contributed by atoms with van der Waals surface area (Å²) in [5, 5.41) is 12.6. The van der Waals surface area contributed by atoms with Crippen LogP contribution in [0.1, 0.15) is 77.7 Å². The first-order chi connectivity index (χ1) is 11.6. The molecule has 0 spiro atoms. The summed E-state index contributed by atoms with van der Waals surface area (Å²) in [4.78, 5) is 5.34. The van der Waals surface area contributed by atoms with Crippen LogP contribution in [-0.4, -0.2) is 62.2 Å². The molecular weight excluding hydrogens is 300 g/mol. The maximum atomic E-state index is 4.39. The highest BCUT2D eigenvalue weighted by Crippen LogP contribution is 2.30. The van der Waals surface area contributed by atoms with E-state index in [0.29, 0.717) is 18.0 Å². The third-order valence-corrected chi connectivity index (χ3v) is 5.74. The van der Waals surface area contributed by atoms with E-state index < -0.39 is 0 Å². The summed E-state index contributed by atoms with van der Waals surface area (Å²) in [6.07, 6.45) is 7.08. The lowest BCUT2D eigenvalue weighted by Gasteiger charge is -2.44. The Balaban J connectivity index is 1.66. The van der Waals surface area contributed by atoms with Crippen molar-refractivity contribution in [3.05, 3.63) is 5.82 Å². The van der Waals surface area contributed by atoms with Crippen molar-refractivity contribution < 1.29 is 0 Å². The van der Waals surface area contributed by atoms with Gasteiger partial charge in [-0.1, -0.05) is 33.1 Å². The van der Waals surface area contributed by atoms with Crippen LogP contribution in [-0.2, 0) is 0 Å². The maximum absolute atomic E-state index is 4.39. The Morgan fingerprint density at radius 2 is 1.58 bits per heavy atom. The van der Waals surface area contributed by atoms with Gasteiger partial charge in [0.05, 0.1) is 12.1 Å². The third kappa shape index (κ3) is 3.80. The fourth-order valence-electron chi connectivity index (χ4n) is 4.47. The standard InChI is InChI=1S/C18H34N6/c1-14(2)17(18-19-20-21-24(18)15(3)4)23-12-10-22(11-13-23)16-8-6-5-7-9-16/h14-17H,5-13H2,1-4H3. The van der Waals surface area contributed by atoms with Crippen LogP contribution in [0.25, 0.3) is 0 Å². The van der Waals surface area contributed by atoms with E-state index in [1.54, 1.807) is 0 Å². The van der Waals surface area contributed by atoms with Crippen LogP contribution in [0.15, 0.2) is 0 Å². The van der Waals surface area contributed by atoms with Crippen LogP contribution >= 0.6 is 0 Å². The van der Waals surface area contributed by atoms with Gasteiger partial charge in [0.15, 0.2) is 5.82 Å². The molecule has 1 saturated carbocycles. The summed E-state index contributed by atoms with van der Waals surface area (Å²) < 4.78 is 2.00. The predicted molar refractivity (Wildman–Crippen MR) is 95.8 cm³/mol. The Morgan fingerprint density at radius 3 is 2.17 bits per heavy atom. The lowest BCUT2D eigenvalue weighted by Crippen LogP contribution is -2.52. The molecule has 2 fully saturated rings. The molecule has 1 atom stereocenters. The molecule has 1 saturated heterocycles. The van der Waals surface area contributed by atoms with Crippen molar-refractivity contribution in [2.75, 3.05) is 26.2 Å². The van der Waals surface area contributed by atoms with Gasteiger partial charge in [0.25, 0.3) is 0 Å². The van der Waals surface area contributed by atoms with Crippen LogP contribution in [0, 0.1) is 5.92 Å². The summed E-state index contributed by atoms with van der Waals surface area (Å²) in [5.41, 5.74) is 0.